The summed E-state index contributed by atoms with van der Waals surface area (Å²) in [7, 11) is 4.24. The lowest BCUT2D eigenvalue weighted by Crippen LogP contribution is -2.30. The van der Waals surface area contributed by atoms with Crippen LogP contribution in [0.25, 0.3) is 0 Å². The quantitative estimate of drug-likeness (QED) is 0.886. The fourth-order valence-corrected chi connectivity index (χ4v) is 4.03. The Labute approximate surface area is 115 Å². The number of nitrogens with zero attached hydrogens (tertiary/aromatic N) is 2. The lowest BCUT2D eigenvalue weighted by Gasteiger charge is -2.25. The minimum atomic E-state index is 0.467. The first kappa shape index (κ1) is 13.8. The average Bonchev–Trinajstić information content (AvgIpc) is 2.83. The van der Waals surface area contributed by atoms with Crippen LogP contribution < -0.4 is 10.2 Å². The standard InChI is InChI=1S/C14H25N3S/c1-5-10(6-2)17(4)14-16-13-11(15-3)8-7-9-12(13)18-14/h10-11,15H,5-9H2,1-4H3. The summed E-state index contributed by atoms with van der Waals surface area (Å²) in [6.07, 6.45) is 6.09. The van der Waals surface area contributed by atoms with Gasteiger partial charge in [-0.1, -0.05) is 13.8 Å². The van der Waals surface area contributed by atoms with Crippen LogP contribution in [0.15, 0.2) is 0 Å². The lowest BCUT2D eigenvalue weighted by atomic mass is 9.98. The van der Waals surface area contributed by atoms with Crippen molar-refractivity contribution in [2.24, 2.45) is 0 Å². The molecule has 102 valence electrons. The van der Waals surface area contributed by atoms with E-state index in [-0.39, 0.29) is 0 Å². The van der Waals surface area contributed by atoms with Crippen molar-refractivity contribution < 1.29 is 0 Å². The highest BCUT2D eigenvalue weighted by atomic mass is 32.1. The van der Waals surface area contributed by atoms with Gasteiger partial charge in [-0.25, -0.2) is 4.98 Å². The van der Waals surface area contributed by atoms with Gasteiger partial charge in [0.2, 0.25) is 0 Å². The molecule has 0 aromatic carbocycles. The van der Waals surface area contributed by atoms with Crippen LogP contribution in [-0.4, -0.2) is 25.1 Å². The number of hydrogen-bond acceptors (Lipinski definition) is 4. The van der Waals surface area contributed by atoms with Gasteiger partial charge < -0.3 is 10.2 Å². The Hall–Kier alpha value is -0.610. The van der Waals surface area contributed by atoms with E-state index in [2.05, 4.69) is 31.1 Å². The second-order valence-corrected chi connectivity index (χ2v) is 6.18. The van der Waals surface area contributed by atoms with E-state index in [1.807, 2.05) is 18.4 Å². The molecule has 0 amide bonds. The molecular formula is C14H25N3S. The molecule has 1 N–H and O–H groups in total. The molecule has 1 atom stereocenters. The van der Waals surface area contributed by atoms with E-state index in [1.165, 1.54) is 47.8 Å². The maximum Gasteiger partial charge on any atom is 0.185 e. The van der Waals surface area contributed by atoms with Crippen molar-refractivity contribution >= 4 is 16.5 Å². The Bertz CT molecular complexity index is 384. The minimum Gasteiger partial charge on any atom is -0.348 e. The van der Waals surface area contributed by atoms with Crippen LogP contribution in [0.5, 0.6) is 0 Å². The molecule has 18 heavy (non-hydrogen) atoms. The Morgan fingerprint density at radius 3 is 2.78 bits per heavy atom. The summed E-state index contributed by atoms with van der Waals surface area (Å²) >= 11 is 1.90. The van der Waals surface area contributed by atoms with Crippen molar-refractivity contribution in [3.63, 3.8) is 0 Å². The minimum absolute atomic E-state index is 0.467. The molecule has 0 saturated carbocycles. The van der Waals surface area contributed by atoms with Gasteiger partial charge in [0.25, 0.3) is 0 Å². The number of fused-ring (bicyclic) bond motifs is 1. The second kappa shape index (κ2) is 6.02. The van der Waals surface area contributed by atoms with Crippen LogP contribution in [-0.2, 0) is 6.42 Å². The zero-order valence-corrected chi connectivity index (χ0v) is 12.8. The van der Waals surface area contributed by atoms with Crippen molar-refractivity contribution in [3.8, 4) is 0 Å². The molecule has 0 spiro atoms. The molecule has 0 aliphatic heterocycles. The monoisotopic (exact) mass is 267 g/mol. The number of anilines is 1. The topological polar surface area (TPSA) is 28.2 Å². The molecule has 4 heteroatoms. The van der Waals surface area contributed by atoms with Crippen molar-refractivity contribution in [1.29, 1.82) is 0 Å². The van der Waals surface area contributed by atoms with Crippen LogP contribution in [0, 0.1) is 0 Å². The van der Waals surface area contributed by atoms with Gasteiger partial charge in [-0.3, -0.25) is 0 Å². The van der Waals surface area contributed by atoms with Crippen molar-refractivity contribution in [2.75, 3.05) is 19.0 Å². The zero-order chi connectivity index (χ0) is 13.1. The first-order valence-corrected chi connectivity index (χ1v) is 7.92. The Morgan fingerprint density at radius 1 is 1.44 bits per heavy atom. The third-order valence-corrected chi connectivity index (χ3v) is 5.30. The van der Waals surface area contributed by atoms with Gasteiger partial charge in [0, 0.05) is 18.0 Å². The summed E-state index contributed by atoms with van der Waals surface area (Å²) in [6.45, 7) is 4.52. The summed E-state index contributed by atoms with van der Waals surface area (Å²) < 4.78 is 0. The van der Waals surface area contributed by atoms with Crippen LogP contribution in [0.1, 0.15) is 56.1 Å². The van der Waals surface area contributed by atoms with E-state index in [4.69, 9.17) is 4.98 Å². The molecule has 3 nitrogen and oxygen atoms in total. The summed E-state index contributed by atoms with van der Waals surface area (Å²) in [5.74, 6) is 0. The van der Waals surface area contributed by atoms with Crippen molar-refractivity contribution in [2.45, 2.75) is 58.0 Å². The van der Waals surface area contributed by atoms with E-state index in [0.29, 0.717) is 12.1 Å². The van der Waals surface area contributed by atoms with Gasteiger partial charge >= 0.3 is 0 Å². The van der Waals surface area contributed by atoms with Crippen LogP contribution in [0.3, 0.4) is 0 Å². The smallest absolute Gasteiger partial charge is 0.185 e. The fourth-order valence-electron chi connectivity index (χ4n) is 2.83. The largest absolute Gasteiger partial charge is 0.348 e. The maximum absolute atomic E-state index is 4.90. The highest BCUT2D eigenvalue weighted by Crippen LogP contribution is 2.37. The van der Waals surface area contributed by atoms with Crippen LogP contribution in [0.2, 0.25) is 0 Å². The van der Waals surface area contributed by atoms with Gasteiger partial charge in [-0.2, -0.15) is 0 Å². The number of nitrogens with one attached hydrogen (secondary N) is 1. The second-order valence-electron chi connectivity index (χ2n) is 5.12. The van der Waals surface area contributed by atoms with Gasteiger partial charge in [0.15, 0.2) is 5.13 Å². The summed E-state index contributed by atoms with van der Waals surface area (Å²) in [5, 5.41) is 4.60. The molecule has 1 aliphatic rings. The fraction of sp³-hybridized carbons (Fsp3) is 0.786. The van der Waals surface area contributed by atoms with Gasteiger partial charge in [0.05, 0.1) is 11.7 Å². The number of hydrogen-bond donors (Lipinski definition) is 1. The molecule has 0 saturated heterocycles. The van der Waals surface area contributed by atoms with E-state index >= 15 is 0 Å². The molecule has 1 aromatic heterocycles. The number of aryl methyl sites for hydroxylation is 1. The summed E-state index contributed by atoms with van der Waals surface area (Å²) in [6, 6.07) is 1.08. The highest BCUT2D eigenvalue weighted by Gasteiger charge is 2.25. The van der Waals surface area contributed by atoms with Crippen LogP contribution >= 0.6 is 11.3 Å². The van der Waals surface area contributed by atoms with E-state index in [0.717, 1.165) is 0 Å². The molecule has 0 fully saturated rings. The van der Waals surface area contributed by atoms with E-state index in [9.17, 15) is 0 Å². The third-order valence-electron chi connectivity index (χ3n) is 4.08. The molecule has 1 unspecified atom stereocenters. The molecule has 0 bridgehead atoms. The predicted octanol–water partition coefficient (Wildman–Crippen LogP) is 3.36. The molecule has 2 rings (SSSR count). The Kier molecular flexibility index (Phi) is 4.62. The lowest BCUT2D eigenvalue weighted by molar-refractivity contribution is 0.489. The number of thiazole rings is 1. The zero-order valence-electron chi connectivity index (χ0n) is 12.0. The first-order chi connectivity index (χ1) is 8.71. The summed E-state index contributed by atoms with van der Waals surface area (Å²) in [5.41, 5.74) is 1.31. The van der Waals surface area contributed by atoms with E-state index in [1.54, 1.807) is 0 Å². The first-order valence-electron chi connectivity index (χ1n) is 7.10. The molecular weight excluding hydrogens is 242 g/mol. The molecule has 1 heterocycles. The third kappa shape index (κ3) is 2.54. The van der Waals surface area contributed by atoms with Gasteiger partial charge in [-0.05, 0) is 39.2 Å². The van der Waals surface area contributed by atoms with Gasteiger partial charge in [0.1, 0.15) is 0 Å². The Morgan fingerprint density at radius 2 is 2.17 bits per heavy atom. The molecule has 0 radical (unpaired) electrons. The van der Waals surface area contributed by atoms with Crippen molar-refractivity contribution in [3.05, 3.63) is 10.6 Å². The molecule has 1 aromatic rings. The SMILES string of the molecule is CCC(CC)N(C)c1nc2c(s1)CCCC2NC. The Balaban J connectivity index is 2.23. The van der Waals surface area contributed by atoms with Crippen molar-refractivity contribution in [1.82, 2.24) is 10.3 Å². The molecule has 1 aliphatic carbocycles. The predicted molar refractivity (Wildman–Crippen MR) is 79.6 cm³/mol. The van der Waals surface area contributed by atoms with E-state index < -0.39 is 0 Å². The summed E-state index contributed by atoms with van der Waals surface area (Å²) in [4.78, 5) is 8.77. The maximum atomic E-state index is 4.90. The van der Waals surface area contributed by atoms with Crippen LogP contribution in [0.4, 0.5) is 5.13 Å². The normalized spacial score (nSPS) is 19.1. The van der Waals surface area contributed by atoms with Gasteiger partial charge in [-0.15, -0.1) is 11.3 Å². The highest BCUT2D eigenvalue weighted by molar-refractivity contribution is 7.15. The number of aromatic nitrogens is 1. The number of rotatable bonds is 5. The average molecular weight is 267 g/mol.